The average Bonchev–Trinajstić information content (AvgIpc) is 3.15. The van der Waals surface area contributed by atoms with E-state index in [9.17, 15) is 14.4 Å². The van der Waals surface area contributed by atoms with Crippen molar-refractivity contribution < 1.29 is 14.4 Å². The highest BCUT2D eigenvalue weighted by Crippen LogP contribution is 2.25. The van der Waals surface area contributed by atoms with Crippen LogP contribution in [0.1, 0.15) is 51.5 Å². The number of nitrogens with one attached hydrogen (secondary N) is 5. The van der Waals surface area contributed by atoms with Gasteiger partial charge >= 0.3 is 0 Å². The van der Waals surface area contributed by atoms with Gasteiger partial charge in [-0.2, -0.15) is 0 Å². The molecule has 0 atom stereocenters. The van der Waals surface area contributed by atoms with Crippen molar-refractivity contribution in [2.45, 2.75) is 34.6 Å². The van der Waals surface area contributed by atoms with Gasteiger partial charge in [0.25, 0.3) is 5.91 Å². The van der Waals surface area contributed by atoms with Gasteiger partial charge in [0.1, 0.15) is 17.3 Å². The molecule has 0 aliphatic heterocycles. The summed E-state index contributed by atoms with van der Waals surface area (Å²) in [6.45, 7) is 10.2. The Bertz CT molecular complexity index is 1250. The minimum atomic E-state index is -0.269. The lowest BCUT2D eigenvalue weighted by Crippen LogP contribution is -2.30. The van der Waals surface area contributed by atoms with Crippen molar-refractivity contribution in [3.05, 3.63) is 58.4 Å². The number of nitrogens with zero attached hydrogens (tertiary/aromatic N) is 2. The molecule has 10 heteroatoms. The highest BCUT2D eigenvalue weighted by atomic mass is 16.2. The van der Waals surface area contributed by atoms with E-state index in [1.807, 2.05) is 37.3 Å². The monoisotopic (exact) mass is 491 g/mol. The van der Waals surface area contributed by atoms with Crippen LogP contribution in [-0.4, -0.2) is 58.7 Å². The third-order valence-corrected chi connectivity index (χ3v) is 5.69. The number of hydrogen-bond donors (Lipinski definition) is 5. The number of H-pyrrole nitrogens is 1. The van der Waals surface area contributed by atoms with Crippen LogP contribution in [0.3, 0.4) is 0 Å². The highest BCUT2D eigenvalue weighted by Gasteiger charge is 2.19. The summed E-state index contributed by atoms with van der Waals surface area (Å²) < 4.78 is 0. The van der Waals surface area contributed by atoms with Crippen molar-refractivity contribution in [3.63, 3.8) is 0 Å². The Kier molecular flexibility index (Phi) is 8.77. The first-order valence-corrected chi connectivity index (χ1v) is 11.8. The standard InChI is InChI=1S/C26H33N7O3/c1-15-21(18(4)34)17(3)31-22(15)26(36)30-14-13-29-24-16(2)23(28-12-11-27-19(5)35)32-25(33-24)20-9-7-6-8-10-20/h6-10,31H,11-14H2,1-5H3,(H,27,35)(H,30,36)(H2,28,29,32,33). The zero-order valence-electron chi connectivity index (χ0n) is 21.3. The van der Waals surface area contributed by atoms with Gasteiger partial charge in [0.2, 0.25) is 5.91 Å². The predicted molar refractivity (Wildman–Crippen MR) is 140 cm³/mol. The number of Topliss-reactive ketones (excluding diaryl/α,β-unsaturated/α-hetero) is 1. The summed E-state index contributed by atoms with van der Waals surface area (Å²) in [5, 5.41) is 12.2. The van der Waals surface area contributed by atoms with E-state index in [2.05, 4.69) is 31.2 Å². The van der Waals surface area contributed by atoms with Crippen molar-refractivity contribution in [3.8, 4) is 11.4 Å². The van der Waals surface area contributed by atoms with Gasteiger partial charge in [-0.1, -0.05) is 30.3 Å². The fraction of sp³-hybridized carbons (Fsp3) is 0.346. The lowest BCUT2D eigenvalue weighted by atomic mass is 10.1. The second-order valence-corrected chi connectivity index (χ2v) is 8.51. The number of carbonyl (C=O) groups is 3. The molecule has 36 heavy (non-hydrogen) atoms. The molecule has 2 aromatic heterocycles. The normalized spacial score (nSPS) is 10.6. The van der Waals surface area contributed by atoms with Crippen molar-refractivity contribution in [1.82, 2.24) is 25.6 Å². The van der Waals surface area contributed by atoms with Crippen LogP contribution in [0.5, 0.6) is 0 Å². The number of aryl methyl sites for hydroxylation is 1. The molecule has 3 aromatic rings. The highest BCUT2D eigenvalue weighted by molar-refractivity contribution is 6.02. The van der Waals surface area contributed by atoms with Crippen molar-refractivity contribution >= 4 is 29.2 Å². The zero-order chi connectivity index (χ0) is 26.2. The Morgan fingerprint density at radius 2 is 1.39 bits per heavy atom. The predicted octanol–water partition coefficient (Wildman–Crippen LogP) is 2.99. The summed E-state index contributed by atoms with van der Waals surface area (Å²) in [6.07, 6.45) is 0. The Hall–Kier alpha value is -4.21. The first-order valence-electron chi connectivity index (χ1n) is 11.8. The van der Waals surface area contributed by atoms with E-state index in [0.717, 1.165) is 11.1 Å². The van der Waals surface area contributed by atoms with Crippen LogP contribution >= 0.6 is 0 Å². The third-order valence-electron chi connectivity index (χ3n) is 5.69. The van der Waals surface area contributed by atoms with E-state index in [4.69, 9.17) is 4.98 Å². The number of rotatable bonds is 11. The SMILES string of the molecule is CC(=O)NCCNc1nc(-c2ccccc2)nc(NCCNC(=O)c2[nH]c(C)c(C(C)=O)c2C)c1C. The molecule has 0 bridgehead atoms. The maximum absolute atomic E-state index is 12.7. The molecular formula is C26H33N7O3. The van der Waals surface area contributed by atoms with Gasteiger partial charge in [0.05, 0.1) is 0 Å². The molecule has 0 saturated carbocycles. The zero-order valence-corrected chi connectivity index (χ0v) is 21.3. The van der Waals surface area contributed by atoms with Gasteiger partial charge in [-0.3, -0.25) is 14.4 Å². The first-order chi connectivity index (χ1) is 17.2. The molecule has 2 amide bonds. The molecule has 190 valence electrons. The average molecular weight is 492 g/mol. The van der Waals surface area contributed by atoms with Gasteiger partial charge in [0.15, 0.2) is 11.6 Å². The van der Waals surface area contributed by atoms with Crippen LogP contribution in [0.2, 0.25) is 0 Å². The molecule has 0 unspecified atom stereocenters. The molecule has 1 aromatic carbocycles. The van der Waals surface area contributed by atoms with E-state index in [1.165, 1.54) is 13.8 Å². The fourth-order valence-electron chi connectivity index (χ4n) is 3.95. The summed E-state index contributed by atoms with van der Waals surface area (Å²) in [5.74, 6) is 1.43. The minimum absolute atomic E-state index is 0.0723. The van der Waals surface area contributed by atoms with E-state index in [1.54, 1.807) is 13.8 Å². The molecule has 10 nitrogen and oxygen atoms in total. The number of anilines is 2. The molecule has 2 heterocycles. The molecule has 0 aliphatic carbocycles. The summed E-state index contributed by atoms with van der Waals surface area (Å²) in [7, 11) is 0. The molecule has 0 aliphatic rings. The van der Waals surface area contributed by atoms with E-state index >= 15 is 0 Å². The largest absolute Gasteiger partial charge is 0.368 e. The van der Waals surface area contributed by atoms with Crippen LogP contribution in [0.25, 0.3) is 11.4 Å². The molecular weight excluding hydrogens is 458 g/mol. The summed E-state index contributed by atoms with van der Waals surface area (Å²) >= 11 is 0. The Labute approximate surface area is 210 Å². The van der Waals surface area contributed by atoms with E-state index in [0.29, 0.717) is 66.2 Å². The smallest absolute Gasteiger partial charge is 0.268 e. The lowest BCUT2D eigenvalue weighted by molar-refractivity contribution is -0.118. The van der Waals surface area contributed by atoms with Crippen molar-refractivity contribution in [2.24, 2.45) is 0 Å². The van der Waals surface area contributed by atoms with Crippen molar-refractivity contribution in [2.75, 3.05) is 36.8 Å². The Balaban J connectivity index is 1.69. The fourth-order valence-corrected chi connectivity index (χ4v) is 3.95. The number of amides is 2. The molecule has 0 spiro atoms. The molecule has 0 radical (unpaired) electrons. The number of hydrogen-bond acceptors (Lipinski definition) is 7. The summed E-state index contributed by atoms with van der Waals surface area (Å²) in [6, 6.07) is 9.65. The van der Waals surface area contributed by atoms with E-state index in [-0.39, 0.29) is 17.6 Å². The van der Waals surface area contributed by atoms with Crippen LogP contribution in [0.4, 0.5) is 11.6 Å². The van der Waals surface area contributed by atoms with Gasteiger partial charge in [0, 0.05) is 55.5 Å². The Morgan fingerprint density at radius 3 is 1.92 bits per heavy atom. The minimum Gasteiger partial charge on any atom is -0.368 e. The quantitative estimate of drug-likeness (QED) is 0.205. The van der Waals surface area contributed by atoms with Crippen LogP contribution in [-0.2, 0) is 4.79 Å². The second kappa shape index (κ2) is 12.0. The van der Waals surface area contributed by atoms with E-state index < -0.39 is 0 Å². The third kappa shape index (κ3) is 6.47. The maximum Gasteiger partial charge on any atom is 0.268 e. The number of ketones is 1. The van der Waals surface area contributed by atoms with Crippen molar-refractivity contribution in [1.29, 1.82) is 0 Å². The van der Waals surface area contributed by atoms with Gasteiger partial charge in [-0.25, -0.2) is 9.97 Å². The molecule has 0 saturated heterocycles. The number of aromatic nitrogens is 3. The van der Waals surface area contributed by atoms with Gasteiger partial charge < -0.3 is 26.3 Å². The number of benzene rings is 1. The number of carbonyl (C=O) groups excluding carboxylic acids is 3. The first kappa shape index (κ1) is 26.4. The summed E-state index contributed by atoms with van der Waals surface area (Å²) in [4.78, 5) is 48.0. The molecule has 0 fully saturated rings. The second-order valence-electron chi connectivity index (χ2n) is 8.51. The Morgan fingerprint density at radius 1 is 0.806 bits per heavy atom. The van der Waals surface area contributed by atoms with Crippen LogP contribution in [0.15, 0.2) is 30.3 Å². The van der Waals surface area contributed by atoms with Crippen LogP contribution in [0, 0.1) is 20.8 Å². The summed E-state index contributed by atoms with van der Waals surface area (Å²) in [5.41, 5.74) is 3.99. The lowest BCUT2D eigenvalue weighted by Gasteiger charge is -2.16. The molecule has 5 N–H and O–H groups in total. The topological polar surface area (TPSA) is 141 Å². The van der Waals surface area contributed by atoms with Gasteiger partial charge in [-0.05, 0) is 33.3 Å². The maximum atomic E-state index is 12.7. The molecule has 3 rings (SSSR count). The van der Waals surface area contributed by atoms with Crippen LogP contribution < -0.4 is 21.3 Å². The van der Waals surface area contributed by atoms with Gasteiger partial charge in [-0.15, -0.1) is 0 Å². The number of aromatic amines is 1.